The van der Waals surface area contributed by atoms with E-state index >= 15 is 0 Å². The second kappa shape index (κ2) is 10.9. The maximum atomic E-state index is 10.0. The Kier molecular flexibility index (Phi) is 7.20. The number of piperazine rings is 1. The number of aromatic hydroxyl groups is 1. The number of para-hydroxylation sites is 1. The van der Waals surface area contributed by atoms with Crippen LogP contribution in [0.15, 0.2) is 53.8 Å². The molecule has 1 aliphatic carbocycles. The van der Waals surface area contributed by atoms with Gasteiger partial charge >= 0.3 is 0 Å². The summed E-state index contributed by atoms with van der Waals surface area (Å²) in [6.07, 6.45) is 7.53. The molecule has 202 valence electrons. The summed E-state index contributed by atoms with van der Waals surface area (Å²) in [6.45, 7) is 4.59. The number of likely N-dealkylation sites (N-methyl/N-ethyl adjacent to an activating group) is 1. The van der Waals surface area contributed by atoms with Crippen LogP contribution in [0, 0.1) is 0 Å². The van der Waals surface area contributed by atoms with E-state index < -0.39 is 0 Å². The molecule has 0 spiro atoms. The molecule has 0 atom stereocenters. The predicted octanol–water partition coefficient (Wildman–Crippen LogP) is 4.92. The number of phenols is 1. The molecule has 0 unspecified atom stereocenters. The Balaban J connectivity index is 1.26. The first kappa shape index (κ1) is 25.7. The lowest BCUT2D eigenvalue weighted by molar-refractivity contribution is 0.0815. The summed E-state index contributed by atoms with van der Waals surface area (Å²) in [5.74, 6) is 0.573. The largest absolute Gasteiger partial charge is 0.507 e. The molecule has 10 heteroatoms. The minimum Gasteiger partial charge on any atom is -0.507 e. The number of aliphatic imine (C=N–C) groups is 1. The molecule has 9 nitrogen and oxygen atoms in total. The first-order chi connectivity index (χ1) is 19.0. The van der Waals surface area contributed by atoms with E-state index in [4.69, 9.17) is 22.4 Å². The summed E-state index contributed by atoms with van der Waals surface area (Å²) in [6, 6.07) is 13.6. The summed E-state index contributed by atoms with van der Waals surface area (Å²) in [4.78, 5) is 18.4. The Morgan fingerprint density at radius 1 is 1.00 bits per heavy atom. The van der Waals surface area contributed by atoms with Gasteiger partial charge in [-0.05, 0) is 57.0 Å². The lowest BCUT2D eigenvalue weighted by Crippen LogP contribution is -2.49. The van der Waals surface area contributed by atoms with Crippen LogP contribution < -0.4 is 5.73 Å². The zero-order valence-electron chi connectivity index (χ0n) is 22.0. The van der Waals surface area contributed by atoms with Gasteiger partial charge in [-0.3, -0.25) is 9.89 Å². The van der Waals surface area contributed by atoms with Crippen LogP contribution >= 0.6 is 11.6 Å². The Morgan fingerprint density at radius 3 is 2.49 bits per heavy atom. The van der Waals surface area contributed by atoms with Gasteiger partial charge in [0.1, 0.15) is 23.6 Å². The quantitative estimate of drug-likeness (QED) is 0.343. The number of benzene rings is 2. The summed E-state index contributed by atoms with van der Waals surface area (Å²) in [5.41, 5.74) is 9.90. The van der Waals surface area contributed by atoms with Crippen LogP contribution in [0.5, 0.6) is 5.75 Å². The van der Waals surface area contributed by atoms with Crippen molar-refractivity contribution >= 4 is 40.4 Å². The number of halogens is 1. The number of nitrogens with zero attached hydrogens (tertiary/aromatic N) is 7. The lowest BCUT2D eigenvalue weighted by Gasteiger charge is -2.41. The van der Waals surface area contributed by atoms with Gasteiger partial charge in [0.05, 0.1) is 22.1 Å². The summed E-state index contributed by atoms with van der Waals surface area (Å²) >= 11 is 6.65. The fourth-order valence-corrected chi connectivity index (χ4v) is 6.03. The average molecular weight is 545 g/mol. The molecule has 1 saturated heterocycles. The highest BCUT2D eigenvalue weighted by atomic mass is 35.5. The van der Waals surface area contributed by atoms with Crippen molar-refractivity contribution < 1.29 is 5.11 Å². The fourth-order valence-electron chi connectivity index (χ4n) is 5.80. The Morgan fingerprint density at radius 2 is 1.74 bits per heavy atom. The molecule has 2 aromatic heterocycles. The van der Waals surface area contributed by atoms with Crippen molar-refractivity contribution in [3.63, 3.8) is 0 Å². The van der Waals surface area contributed by atoms with Crippen LogP contribution in [-0.2, 0) is 0 Å². The molecule has 3 N–H and O–H groups in total. The van der Waals surface area contributed by atoms with Gasteiger partial charge in [-0.1, -0.05) is 29.8 Å². The molecule has 39 heavy (non-hydrogen) atoms. The molecular formula is C29H33ClN8O. The van der Waals surface area contributed by atoms with E-state index in [1.54, 1.807) is 24.4 Å². The number of nitrogen functional groups attached to an aromatic ring is 1. The van der Waals surface area contributed by atoms with Crippen molar-refractivity contribution in [1.29, 1.82) is 0 Å². The molecule has 0 radical (unpaired) electrons. The van der Waals surface area contributed by atoms with Crippen LogP contribution in [-0.4, -0.2) is 80.1 Å². The highest BCUT2D eigenvalue weighted by Gasteiger charge is 2.30. The van der Waals surface area contributed by atoms with Gasteiger partial charge in [0, 0.05) is 49.6 Å². The number of phenolic OH excluding ortho intramolecular Hbond substituents is 1. The second-order valence-corrected chi connectivity index (χ2v) is 10.9. The molecular weight excluding hydrogens is 512 g/mol. The Labute approximate surface area is 232 Å². The maximum Gasteiger partial charge on any atom is 0.164 e. The zero-order valence-corrected chi connectivity index (χ0v) is 22.8. The first-order valence-electron chi connectivity index (χ1n) is 13.5. The monoisotopic (exact) mass is 544 g/mol. The molecule has 0 bridgehead atoms. The van der Waals surface area contributed by atoms with Crippen LogP contribution in [0.2, 0.25) is 5.02 Å². The average Bonchev–Trinajstić information content (AvgIpc) is 3.35. The van der Waals surface area contributed by atoms with Crippen molar-refractivity contribution in [2.75, 3.05) is 39.0 Å². The van der Waals surface area contributed by atoms with Crippen molar-refractivity contribution in [2.45, 2.75) is 37.8 Å². The van der Waals surface area contributed by atoms with E-state index in [1.807, 2.05) is 24.3 Å². The standard InChI is InChI=1S/C29H33ClN8O/c1-36-12-14-37(15-13-36)21-7-9-22(10-8-21)38-29-26(28(31)33-18-34-29)27(35-38)19-6-11-24(23(30)16-19)32-17-20-4-2-3-5-25(20)39/h2-6,11,16-18,21-22,39H,7-10,12-15H2,1H3,(H2,31,33,34)/t21-,22-. The highest BCUT2D eigenvalue weighted by Crippen LogP contribution is 2.38. The van der Waals surface area contributed by atoms with Crippen molar-refractivity contribution in [3.8, 4) is 17.0 Å². The van der Waals surface area contributed by atoms with Crippen LogP contribution in [0.3, 0.4) is 0 Å². The number of hydrogen-bond acceptors (Lipinski definition) is 8. The first-order valence-corrected chi connectivity index (χ1v) is 13.9. The third-order valence-electron chi connectivity index (χ3n) is 8.09. The number of aromatic nitrogens is 4. The molecule has 4 aromatic rings. The number of anilines is 1. The number of fused-ring (bicyclic) bond motifs is 1. The van der Waals surface area contributed by atoms with E-state index in [0.29, 0.717) is 28.1 Å². The lowest BCUT2D eigenvalue weighted by atomic mass is 9.90. The zero-order chi connectivity index (χ0) is 26.9. The van der Waals surface area contributed by atoms with Crippen LogP contribution in [0.25, 0.3) is 22.3 Å². The third-order valence-corrected chi connectivity index (χ3v) is 8.39. The van der Waals surface area contributed by atoms with Crippen molar-refractivity contribution in [3.05, 3.63) is 59.4 Å². The van der Waals surface area contributed by atoms with E-state index in [9.17, 15) is 5.11 Å². The number of rotatable bonds is 5. The summed E-state index contributed by atoms with van der Waals surface area (Å²) in [5, 5.41) is 16.3. The molecule has 2 aliphatic rings. The molecule has 2 fully saturated rings. The van der Waals surface area contributed by atoms with Gasteiger partial charge in [-0.25, -0.2) is 14.6 Å². The third kappa shape index (κ3) is 5.22. The minimum atomic E-state index is 0.166. The number of nitrogens with two attached hydrogens (primary N) is 1. The molecule has 1 aliphatic heterocycles. The Bertz CT molecular complexity index is 1500. The van der Waals surface area contributed by atoms with Crippen molar-refractivity contribution in [1.82, 2.24) is 29.5 Å². The topological polar surface area (TPSA) is 109 Å². The van der Waals surface area contributed by atoms with E-state index in [2.05, 4.69) is 36.5 Å². The maximum absolute atomic E-state index is 10.0. The van der Waals surface area contributed by atoms with Gasteiger partial charge in [0.15, 0.2) is 5.65 Å². The fraction of sp³-hybridized carbons (Fsp3) is 0.379. The van der Waals surface area contributed by atoms with Gasteiger partial charge in [0.25, 0.3) is 0 Å². The van der Waals surface area contributed by atoms with Crippen LogP contribution in [0.1, 0.15) is 37.3 Å². The smallest absolute Gasteiger partial charge is 0.164 e. The van der Waals surface area contributed by atoms with E-state index in [1.165, 1.54) is 6.33 Å². The number of hydrogen-bond donors (Lipinski definition) is 2. The molecule has 3 heterocycles. The molecule has 0 amide bonds. The van der Waals surface area contributed by atoms with Gasteiger partial charge in [0.2, 0.25) is 0 Å². The van der Waals surface area contributed by atoms with E-state index in [-0.39, 0.29) is 11.8 Å². The molecule has 1 saturated carbocycles. The molecule has 6 rings (SSSR count). The Hall–Kier alpha value is -3.53. The normalized spacial score (nSPS) is 21.2. The summed E-state index contributed by atoms with van der Waals surface area (Å²) in [7, 11) is 2.20. The minimum absolute atomic E-state index is 0.166. The SMILES string of the molecule is CN1CCN([C@H]2CC[C@H](n3nc(-c4ccc(N=Cc5ccccc5O)c(Cl)c4)c4c(N)ncnc43)CC2)CC1. The highest BCUT2D eigenvalue weighted by molar-refractivity contribution is 6.33. The van der Waals surface area contributed by atoms with Gasteiger partial charge in [-0.15, -0.1) is 0 Å². The molecule has 2 aromatic carbocycles. The van der Waals surface area contributed by atoms with Gasteiger partial charge in [-0.2, -0.15) is 5.10 Å². The predicted molar refractivity (Wildman–Crippen MR) is 156 cm³/mol. The van der Waals surface area contributed by atoms with Gasteiger partial charge < -0.3 is 15.7 Å². The summed E-state index contributed by atoms with van der Waals surface area (Å²) < 4.78 is 2.06. The van der Waals surface area contributed by atoms with Crippen LogP contribution in [0.4, 0.5) is 11.5 Å². The second-order valence-electron chi connectivity index (χ2n) is 10.5. The van der Waals surface area contributed by atoms with Crippen molar-refractivity contribution in [2.24, 2.45) is 4.99 Å². The van der Waals surface area contributed by atoms with E-state index in [0.717, 1.165) is 74.2 Å².